The van der Waals surface area contributed by atoms with Crippen molar-refractivity contribution in [3.63, 3.8) is 0 Å². The van der Waals surface area contributed by atoms with E-state index in [2.05, 4.69) is 15.6 Å². The number of carbonyl (C=O) groups is 1. The molecule has 1 aliphatic rings. The van der Waals surface area contributed by atoms with E-state index in [1.807, 2.05) is 13.0 Å². The highest BCUT2D eigenvalue weighted by Crippen LogP contribution is 2.23. The van der Waals surface area contributed by atoms with Crippen molar-refractivity contribution in [1.29, 1.82) is 0 Å². The Hall–Kier alpha value is -1.58. The zero-order chi connectivity index (χ0) is 13.5. The lowest BCUT2D eigenvalue weighted by Gasteiger charge is -2.22. The third-order valence-electron chi connectivity index (χ3n) is 3.71. The lowest BCUT2D eigenvalue weighted by Crippen LogP contribution is -2.30. The predicted molar refractivity (Wildman–Crippen MR) is 77.3 cm³/mol. The second-order valence-electron chi connectivity index (χ2n) is 5.17. The van der Waals surface area contributed by atoms with Crippen LogP contribution in [0.2, 0.25) is 0 Å². The van der Waals surface area contributed by atoms with E-state index in [4.69, 9.17) is 0 Å². The minimum atomic E-state index is -0.0189. The van der Waals surface area contributed by atoms with E-state index in [-0.39, 0.29) is 5.91 Å². The molecule has 2 rings (SSSR count). The molecule has 1 fully saturated rings. The van der Waals surface area contributed by atoms with Gasteiger partial charge >= 0.3 is 0 Å². The predicted octanol–water partition coefficient (Wildman–Crippen LogP) is 2.82. The van der Waals surface area contributed by atoms with Gasteiger partial charge in [0.1, 0.15) is 0 Å². The van der Waals surface area contributed by atoms with Gasteiger partial charge in [0.2, 0.25) is 0 Å². The molecule has 104 valence electrons. The molecule has 0 aliphatic heterocycles. The van der Waals surface area contributed by atoms with Gasteiger partial charge in [-0.2, -0.15) is 0 Å². The number of pyridine rings is 1. The molecule has 0 spiro atoms. The van der Waals surface area contributed by atoms with Gasteiger partial charge < -0.3 is 10.6 Å². The second-order valence-corrected chi connectivity index (χ2v) is 5.17. The van der Waals surface area contributed by atoms with Crippen LogP contribution < -0.4 is 10.6 Å². The quantitative estimate of drug-likeness (QED) is 0.857. The van der Waals surface area contributed by atoms with Crippen molar-refractivity contribution in [3.05, 3.63) is 24.0 Å². The van der Waals surface area contributed by atoms with Crippen LogP contribution in [0.3, 0.4) is 0 Å². The standard InChI is InChI=1S/C15H23N3O/c1-2-17-14-8-9-16-11-13(14)15(19)18-10-12-6-4-3-5-7-12/h8-9,11-12H,2-7,10H2,1H3,(H,16,17)(H,18,19). The van der Waals surface area contributed by atoms with Gasteiger partial charge in [-0.25, -0.2) is 0 Å². The fraction of sp³-hybridized carbons (Fsp3) is 0.600. The molecule has 0 aromatic carbocycles. The van der Waals surface area contributed by atoms with Crippen molar-refractivity contribution >= 4 is 11.6 Å². The van der Waals surface area contributed by atoms with Gasteiger partial charge in [-0.1, -0.05) is 19.3 Å². The van der Waals surface area contributed by atoms with Gasteiger partial charge in [-0.05, 0) is 31.7 Å². The second kappa shape index (κ2) is 7.12. The summed E-state index contributed by atoms with van der Waals surface area (Å²) in [6.45, 7) is 3.61. The van der Waals surface area contributed by atoms with Crippen LogP contribution in [0.1, 0.15) is 49.4 Å². The van der Waals surface area contributed by atoms with E-state index in [9.17, 15) is 4.79 Å². The summed E-state index contributed by atoms with van der Waals surface area (Å²) in [4.78, 5) is 16.2. The minimum Gasteiger partial charge on any atom is -0.385 e. The Bertz CT molecular complexity index is 414. The first-order chi connectivity index (χ1) is 9.31. The summed E-state index contributed by atoms with van der Waals surface area (Å²) in [6.07, 6.45) is 9.77. The molecule has 1 aromatic heterocycles. The van der Waals surface area contributed by atoms with Crippen molar-refractivity contribution in [1.82, 2.24) is 10.3 Å². The lowest BCUT2D eigenvalue weighted by molar-refractivity contribution is 0.0944. The average molecular weight is 261 g/mol. The third kappa shape index (κ3) is 3.94. The smallest absolute Gasteiger partial charge is 0.254 e. The van der Waals surface area contributed by atoms with Crippen LogP contribution in [0.4, 0.5) is 5.69 Å². The Morgan fingerprint density at radius 2 is 2.16 bits per heavy atom. The van der Waals surface area contributed by atoms with Crippen molar-refractivity contribution in [2.24, 2.45) is 5.92 Å². The highest BCUT2D eigenvalue weighted by atomic mass is 16.1. The topological polar surface area (TPSA) is 54.0 Å². The number of nitrogens with zero attached hydrogens (tertiary/aromatic N) is 1. The van der Waals surface area contributed by atoms with Crippen molar-refractivity contribution in [2.45, 2.75) is 39.0 Å². The summed E-state index contributed by atoms with van der Waals surface area (Å²) in [5, 5.41) is 6.24. The highest BCUT2D eigenvalue weighted by Gasteiger charge is 2.16. The molecule has 1 aromatic rings. The third-order valence-corrected chi connectivity index (χ3v) is 3.71. The van der Waals surface area contributed by atoms with Crippen LogP contribution in [-0.4, -0.2) is 24.0 Å². The number of anilines is 1. The molecule has 0 atom stereocenters. The molecule has 4 nitrogen and oxygen atoms in total. The van der Waals surface area contributed by atoms with E-state index in [0.29, 0.717) is 11.5 Å². The van der Waals surface area contributed by atoms with Crippen LogP contribution in [-0.2, 0) is 0 Å². The van der Waals surface area contributed by atoms with Crippen LogP contribution in [0, 0.1) is 5.92 Å². The molecule has 2 N–H and O–H groups in total. The van der Waals surface area contributed by atoms with Gasteiger partial charge in [0.05, 0.1) is 11.3 Å². The van der Waals surface area contributed by atoms with Crippen LogP contribution in [0.25, 0.3) is 0 Å². The summed E-state index contributed by atoms with van der Waals surface area (Å²) in [5.41, 5.74) is 1.50. The van der Waals surface area contributed by atoms with Crippen molar-refractivity contribution < 1.29 is 4.79 Å². The first-order valence-electron chi connectivity index (χ1n) is 7.27. The molecule has 1 heterocycles. The normalized spacial score (nSPS) is 16.1. The van der Waals surface area contributed by atoms with Gasteiger partial charge in [-0.15, -0.1) is 0 Å². The average Bonchev–Trinajstić information content (AvgIpc) is 2.47. The Morgan fingerprint density at radius 1 is 1.37 bits per heavy atom. The van der Waals surface area contributed by atoms with Gasteiger partial charge in [-0.3, -0.25) is 9.78 Å². The highest BCUT2D eigenvalue weighted by molar-refractivity contribution is 5.99. The molecular formula is C15H23N3O. The SMILES string of the molecule is CCNc1ccncc1C(=O)NCC1CCCCC1. The zero-order valence-electron chi connectivity index (χ0n) is 11.6. The Balaban J connectivity index is 1.91. The van der Waals surface area contributed by atoms with E-state index >= 15 is 0 Å². The molecule has 0 saturated heterocycles. The summed E-state index contributed by atoms with van der Waals surface area (Å²) in [7, 11) is 0. The summed E-state index contributed by atoms with van der Waals surface area (Å²) >= 11 is 0. The van der Waals surface area contributed by atoms with Crippen molar-refractivity contribution in [2.75, 3.05) is 18.4 Å². The fourth-order valence-corrected chi connectivity index (χ4v) is 2.64. The van der Waals surface area contributed by atoms with Crippen LogP contribution in [0.15, 0.2) is 18.5 Å². The molecule has 0 radical (unpaired) electrons. The zero-order valence-corrected chi connectivity index (χ0v) is 11.6. The minimum absolute atomic E-state index is 0.0189. The molecular weight excluding hydrogens is 238 g/mol. The first kappa shape index (κ1) is 13.8. The summed E-state index contributed by atoms with van der Waals surface area (Å²) < 4.78 is 0. The summed E-state index contributed by atoms with van der Waals surface area (Å²) in [6, 6.07) is 1.85. The molecule has 0 unspecified atom stereocenters. The largest absolute Gasteiger partial charge is 0.385 e. The van der Waals surface area contributed by atoms with E-state index in [1.54, 1.807) is 12.4 Å². The van der Waals surface area contributed by atoms with Crippen LogP contribution in [0.5, 0.6) is 0 Å². The number of nitrogens with one attached hydrogen (secondary N) is 2. The number of aromatic nitrogens is 1. The molecule has 0 bridgehead atoms. The fourth-order valence-electron chi connectivity index (χ4n) is 2.64. The van der Waals surface area contributed by atoms with Crippen molar-refractivity contribution in [3.8, 4) is 0 Å². The number of hydrogen-bond donors (Lipinski definition) is 2. The van der Waals surface area contributed by atoms with Gasteiger partial charge in [0.25, 0.3) is 5.91 Å². The van der Waals surface area contributed by atoms with E-state index in [1.165, 1.54) is 32.1 Å². The van der Waals surface area contributed by atoms with Crippen LogP contribution >= 0.6 is 0 Å². The number of amides is 1. The maximum Gasteiger partial charge on any atom is 0.254 e. The number of hydrogen-bond acceptors (Lipinski definition) is 3. The number of carbonyl (C=O) groups excluding carboxylic acids is 1. The molecule has 19 heavy (non-hydrogen) atoms. The Labute approximate surface area is 115 Å². The summed E-state index contributed by atoms with van der Waals surface area (Å²) in [5.74, 6) is 0.631. The Morgan fingerprint density at radius 3 is 2.89 bits per heavy atom. The lowest BCUT2D eigenvalue weighted by atomic mass is 9.89. The molecule has 4 heteroatoms. The maximum atomic E-state index is 12.2. The molecule has 1 saturated carbocycles. The van der Waals surface area contributed by atoms with E-state index < -0.39 is 0 Å². The Kier molecular flexibility index (Phi) is 5.19. The number of rotatable bonds is 5. The maximum absolute atomic E-state index is 12.2. The first-order valence-corrected chi connectivity index (χ1v) is 7.27. The van der Waals surface area contributed by atoms with E-state index in [0.717, 1.165) is 18.8 Å². The van der Waals surface area contributed by atoms with Gasteiger partial charge in [0, 0.05) is 25.5 Å². The monoisotopic (exact) mass is 261 g/mol. The van der Waals surface area contributed by atoms with Gasteiger partial charge in [0.15, 0.2) is 0 Å². The molecule has 1 aliphatic carbocycles. The molecule has 1 amide bonds.